The van der Waals surface area contributed by atoms with E-state index in [2.05, 4.69) is 5.32 Å². The third-order valence-corrected chi connectivity index (χ3v) is 3.03. The second kappa shape index (κ2) is 8.08. The van der Waals surface area contributed by atoms with Crippen molar-refractivity contribution in [1.29, 1.82) is 0 Å². The summed E-state index contributed by atoms with van der Waals surface area (Å²) < 4.78 is 5.21. The van der Waals surface area contributed by atoms with E-state index in [1.54, 1.807) is 7.11 Å². The first-order valence-corrected chi connectivity index (χ1v) is 6.21. The molecular formula is C12H25NO2. The van der Waals surface area contributed by atoms with Crippen molar-refractivity contribution in [2.45, 2.75) is 44.6 Å². The molecule has 0 bridgehead atoms. The number of hydrogen-bond donors (Lipinski definition) is 2. The summed E-state index contributed by atoms with van der Waals surface area (Å²) >= 11 is 0. The van der Waals surface area contributed by atoms with Crippen LogP contribution < -0.4 is 5.32 Å². The predicted octanol–water partition coefficient (Wildman–Crippen LogP) is 1.55. The Kier molecular flexibility index (Phi) is 6.98. The van der Waals surface area contributed by atoms with Crippen molar-refractivity contribution in [3.05, 3.63) is 0 Å². The highest BCUT2D eigenvalue weighted by molar-refractivity contribution is 4.86. The van der Waals surface area contributed by atoms with Gasteiger partial charge in [0.15, 0.2) is 0 Å². The van der Waals surface area contributed by atoms with Gasteiger partial charge in [-0.25, -0.2) is 0 Å². The molecule has 1 unspecified atom stereocenters. The standard InChI is InChI=1S/C12H25NO2/c1-15-10-12(11-6-7-11)13-8-4-2-3-5-9-14/h11-14H,2-10H2,1H3. The topological polar surface area (TPSA) is 41.5 Å². The maximum absolute atomic E-state index is 8.63. The summed E-state index contributed by atoms with van der Waals surface area (Å²) in [4.78, 5) is 0. The fourth-order valence-electron chi connectivity index (χ4n) is 1.92. The largest absolute Gasteiger partial charge is 0.396 e. The third kappa shape index (κ3) is 6.13. The summed E-state index contributed by atoms with van der Waals surface area (Å²) in [6, 6.07) is 0.577. The van der Waals surface area contributed by atoms with Crippen LogP contribution in [0.3, 0.4) is 0 Å². The highest BCUT2D eigenvalue weighted by atomic mass is 16.5. The maximum Gasteiger partial charge on any atom is 0.0618 e. The average molecular weight is 215 g/mol. The molecule has 1 aliphatic carbocycles. The van der Waals surface area contributed by atoms with Crippen molar-refractivity contribution in [3.63, 3.8) is 0 Å². The first-order chi connectivity index (χ1) is 7.38. The molecule has 1 fully saturated rings. The van der Waals surface area contributed by atoms with Crippen LogP contribution in [-0.4, -0.2) is 38.0 Å². The molecule has 1 atom stereocenters. The Hall–Kier alpha value is -0.120. The zero-order valence-electron chi connectivity index (χ0n) is 9.87. The number of aliphatic hydroxyl groups excluding tert-OH is 1. The van der Waals surface area contributed by atoms with E-state index in [9.17, 15) is 0 Å². The molecular weight excluding hydrogens is 190 g/mol. The summed E-state index contributed by atoms with van der Waals surface area (Å²) in [5.74, 6) is 0.863. The van der Waals surface area contributed by atoms with Gasteiger partial charge in [-0.3, -0.25) is 0 Å². The van der Waals surface area contributed by atoms with Crippen molar-refractivity contribution in [1.82, 2.24) is 5.32 Å². The Morgan fingerprint density at radius 3 is 2.60 bits per heavy atom. The molecule has 0 spiro atoms. The molecule has 3 heteroatoms. The van der Waals surface area contributed by atoms with E-state index in [4.69, 9.17) is 9.84 Å². The fourth-order valence-corrected chi connectivity index (χ4v) is 1.92. The van der Waals surface area contributed by atoms with Crippen LogP contribution in [0, 0.1) is 5.92 Å². The van der Waals surface area contributed by atoms with Gasteiger partial charge in [-0.15, -0.1) is 0 Å². The lowest BCUT2D eigenvalue weighted by atomic mass is 10.1. The first-order valence-electron chi connectivity index (χ1n) is 6.21. The predicted molar refractivity (Wildman–Crippen MR) is 61.9 cm³/mol. The number of ether oxygens (including phenoxy) is 1. The van der Waals surface area contributed by atoms with Gasteiger partial charge in [-0.05, 0) is 38.1 Å². The molecule has 15 heavy (non-hydrogen) atoms. The molecule has 0 heterocycles. The van der Waals surface area contributed by atoms with Crippen molar-refractivity contribution >= 4 is 0 Å². The fraction of sp³-hybridized carbons (Fsp3) is 1.00. The Morgan fingerprint density at radius 1 is 1.27 bits per heavy atom. The van der Waals surface area contributed by atoms with E-state index in [1.165, 1.54) is 25.7 Å². The minimum Gasteiger partial charge on any atom is -0.396 e. The molecule has 1 rings (SSSR count). The summed E-state index contributed by atoms with van der Waals surface area (Å²) in [7, 11) is 1.78. The van der Waals surface area contributed by atoms with Gasteiger partial charge in [0.05, 0.1) is 6.61 Å². The monoisotopic (exact) mass is 215 g/mol. The number of unbranched alkanes of at least 4 members (excludes halogenated alkanes) is 3. The number of methoxy groups -OCH3 is 1. The molecule has 0 aliphatic heterocycles. The highest BCUT2D eigenvalue weighted by Crippen LogP contribution is 2.32. The summed E-state index contributed by atoms with van der Waals surface area (Å²) in [5, 5.41) is 12.2. The molecule has 3 nitrogen and oxygen atoms in total. The molecule has 0 aromatic carbocycles. The second-order valence-corrected chi connectivity index (χ2v) is 4.49. The van der Waals surface area contributed by atoms with E-state index in [0.717, 1.165) is 31.9 Å². The highest BCUT2D eigenvalue weighted by Gasteiger charge is 2.30. The van der Waals surface area contributed by atoms with Gasteiger partial charge < -0.3 is 15.2 Å². The van der Waals surface area contributed by atoms with Crippen LogP contribution in [0.25, 0.3) is 0 Å². The zero-order chi connectivity index (χ0) is 10.9. The zero-order valence-corrected chi connectivity index (χ0v) is 9.87. The van der Waals surface area contributed by atoms with Gasteiger partial charge in [0.1, 0.15) is 0 Å². The van der Waals surface area contributed by atoms with Gasteiger partial charge in [-0.2, -0.15) is 0 Å². The van der Waals surface area contributed by atoms with Crippen molar-refractivity contribution in [2.75, 3.05) is 26.9 Å². The van der Waals surface area contributed by atoms with Gasteiger partial charge in [0, 0.05) is 19.8 Å². The SMILES string of the molecule is COCC(NCCCCCCO)C1CC1. The van der Waals surface area contributed by atoms with E-state index < -0.39 is 0 Å². The van der Waals surface area contributed by atoms with Crippen molar-refractivity contribution in [2.24, 2.45) is 5.92 Å². The number of hydrogen-bond acceptors (Lipinski definition) is 3. The molecule has 0 amide bonds. The average Bonchev–Trinajstić information content (AvgIpc) is 3.05. The van der Waals surface area contributed by atoms with Crippen LogP contribution in [-0.2, 0) is 4.74 Å². The molecule has 90 valence electrons. The third-order valence-electron chi connectivity index (χ3n) is 3.03. The number of nitrogens with one attached hydrogen (secondary N) is 1. The van der Waals surface area contributed by atoms with E-state index in [0.29, 0.717) is 12.6 Å². The molecule has 2 N–H and O–H groups in total. The van der Waals surface area contributed by atoms with Gasteiger partial charge in [0.25, 0.3) is 0 Å². The summed E-state index contributed by atoms with van der Waals surface area (Å²) in [6.07, 6.45) is 7.27. The van der Waals surface area contributed by atoms with Crippen LogP contribution in [0.5, 0.6) is 0 Å². The second-order valence-electron chi connectivity index (χ2n) is 4.49. The first kappa shape index (κ1) is 12.9. The molecule has 0 aromatic rings. The van der Waals surface area contributed by atoms with Crippen LogP contribution >= 0.6 is 0 Å². The quantitative estimate of drug-likeness (QED) is 0.543. The maximum atomic E-state index is 8.63. The smallest absolute Gasteiger partial charge is 0.0618 e. The lowest BCUT2D eigenvalue weighted by Gasteiger charge is -2.16. The van der Waals surface area contributed by atoms with E-state index in [1.807, 2.05) is 0 Å². The molecule has 0 aromatic heterocycles. The summed E-state index contributed by atoms with van der Waals surface area (Å²) in [6.45, 7) is 2.28. The lowest BCUT2D eigenvalue weighted by Crippen LogP contribution is -2.35. The molecule has 1 saturated carbocycles. The Labute approximate surface area is 93.2 Å². The van der Waals surface area contributed by atoms with Gasteiger partial charge in [-0.1, -0.05) is 12.8 Å². The minimum atomic E-state index is 0.335. The van der Waals surface area contributed by atoms with Crippen molar-refractivity contribution < 1.29 is 9.84 Å². The molecule has 0 saturated heterocycles. The van der Waals surface area contributed by atoms with Crippen LogP contribution in [0.15, 0.2) is 0 Å². The molecule has 1 aliphatic rings. The van der Waals surface area contributed by atoms with Crippen LogP contribution in [0.2, 0.25) is 0 Å². The lowest BCUT2D eigenvalue weighted by molar-refractivity contribution is 0.157. The summed E-state index contributed by atoms with van der Waals surface area (Å²) in [5.41, 5.74) is 0. The minimum absolute atomic E-state index is 0.335. The number of rotatable bonds is 10. The Morgan fingerprint density at radius 2 is 2.00 bits per heavy atom. The van der Waals surface area contributed by atoms with Gasteiger partial charge in [0.2, 0.25) is 0 Å². The Bertz CT molecular complexity index is 149. The Balaban J connectivity index is 1.92. The number of aliphatic hydroxyl groups is 1. The van der Waals surface area contributed by atoms with Crippen molar-refractivity contribution in [3.8, 4) is 0 Å². The van der Waals surface area contributed by atoms with E-state index >= 15 is 0 Å². The van der Waals surface area contributed by atoms with Gasteiger partial charge >= 0.3 is 0 Å². The molecule has 0 radical (unpaired) electrons. The normalized spacial score (nSPS) is 18.0. The van der Waals surface area contributed by atoms with Crippen LogP contribution in [0.1, 0.15) is 38.5 Å². The van der Waals surface area contributed by atoms with Crippen LogP contribution in [0.4, 0.5) is 0 Å². The van der Waals surface area contributed by atoms with E-state index in [-0.39, 0.29) is 0 Å².